The molecule has 2 aromatic rings. The number of benzene rings is 1. The molecule has 2 unspecified atom stereocenters. The smallest absolute Gasteiger partial charge is 0.145 e. The maximum atomic E-state index is 14.0. The third-order valence-electron chi connectivity index (χ3n) is 2.95. The maximum Gasteiger partial charge on any atom is 0.145 e. The first-order valence-electron chi connectivity index (χ1n) is 5.60. The van der Waals surface area contributed by atoms with Crippen LogP contribution in [0.3, 0.4) is 0 Å². The molecule has 0 radical (unpaired) electrons. The molecule has 0 aliphatic heterocycles. The third-order valence-corrected chi connectivity index (χ3v) is 5.04. The van der Waals surface area contributed by atoms with Crippen molar-refractivity contribution in [3.8, 4) is 0 Å². The van der Waals surface area contributed by atoms with E-state index >= 15 is 0 Å². The van der Waals surface area contributed by atoms with Crippen LogP contribution in [0.2, 0.25) is 5.02 Å². The summed E-state index contributed by atoms with van der Waals surface area (Å²) < 4.78 is 15.1. The van der Waals surface area contributed by atoms with E-state index in [0.717, 1.165) is 8.45 Å². The van der Waals surface area contributed by atoms with Crippen LogP contribution in [0.1, 0.15) is 23.1 Å². The van der Waals surface area contributed by atoms with Gasteiger partial charge in [-0.15, -0.1) is 11.3 Å². The van der Waals surface area contributed by atoms with Crippen molar-refractivity contribution in [2.45, 2.75) is 12.0 Å². The van der Waals surface area contributed by atoms with Crippen LogP contribution >= 0.6 is 45.5 Å². The number of hydrogen-bond donors (Lipinski definition) is 2. The zero-order valence-electron chi connectivity index (χ0n) is 9.82. The van der Waals surface area contributed by atoms with Gasteiger partial charge >= 0.3 is 0 Å². The van der Waals surface area contributed by atoms with Crippen molar-refractivity contribution in [1.29, 1.82) is 0 Å². The van der Waals surface area contributed by atoms with Crippen LogP contribution in [0, 0.1) is 8.70 Å². The molecule has 0 spiro atoms. The molecular formula is C13H12ClFINOS. The maximum absolute atomic E-state index is 14.0. The summed E-state index contributed by atoms with van der Waals surface area (Å²) in [4.78, 5) is 0. The van der Waals surface area contributed by atoms with Gasteiger partial charge in [-0.25, -0.2) is 4.39 Å². The molecule has 2 atom stereocenters. The number of nitrogens with two attached hydrogens (primary N) is 1. The summed E-state index contributed by atoms with van der Waals surface area (Å²) >= 11 is 9.48. The number of halogens is 3. The molecule has 2 nitrogen and oxygen atoms in total. The van der Waals surface area contributed by atoms with Crippen LogP contribution in [0.25, 0.3) is 0 Å². The lowest BCUT2D eigenvalue weighted by molar-refractivity contribution is 0.146. The third kappa shape index (κ3) is 3.28. The van der Waals surface area contributed by atoms with Crippen molar-refractivity contribution < 1.29 is 9.50 Å². The van der Waals surface area contributed by atoms with Gasteiger partial charge in [-0.2, -0.15) is 0 Å². The van der Waals surface area contributed by atoms with Gasteiger partial charge in [0.2, 0.25) is 0 Å². The average Bonchev–Trinajstić information content (AvgIpc) is 2.82. The summed E-state index contributed by atoms with van der Waals surface area (Å²) in [5.41, 5.74) is 6.81. The second-order valence-corrected chi connectivity index (χ2v) is 7.33. The second-order valence-electron chi connectivity index (χ2n) is 4.11. The van der Waals surface area contributed by atoms with Crippen LogP contribution in [0.5, 0.6) is 0 Å². The fourth-order valence-corrected chi connectivity index (χ4v) is 3.53. The Morgan fingerprint density at radius 2 is 2.21 bits per heavy atom. The first-order chi connectivity index (χ1) is 9.04. The lowest BCUT2D eigenvalue weighted by Crippen LogP contribution is -2.21. The van der Waals surface area contributed by atoms with Gasteiger partial charge in [0, 0.05) is 12.5 Å². The standard InChI is InChI=1S/C13H12ClFINOS/c14-10-3-1-2-8(12(10)15)9(5-17)13(18)7-4-11(16)19-6-7/h1-4,6,9,13,18H,5,17H2. The van der Waals surface area contributed by atoms with Crippen LogP contribution in [-0.4, -0.2) is 11.7 Å². The zero-order valence-corrected chi connectivity index (χ0v) is 13.5. The minimum atomic E-state index is -0.835. The zero-order chi connectivity index (χ0) is 14.0. The van der Waals surface area contributed by atoms with Gasteiger partial charge in [-0.3, -0.25) is 0 Å². The average molecular weight is 412 g/mol. The number of hydrogen-bond acceptors (Lipinski definition) is 3. The topological polar surface area (TPSA) is 46.2 Å². The lowest BCUT2D eigenvalue weighted by atomic mass is 9.90. The predicted molar refractivity (Wildman–Crippen MR) is 85.2 cm³/mol. The molecule has 0 bridgehead atoms. The fourth-order valence-electron chi connectivity index (χ4n) is 1.94. The molecule has 0 fully saturated rings. The molecule has 1 aromatic heterocycles. The molecule has 0 amide bonds. The molecule has 102 valence electrons. The number of thiophene rings is 1. The summed E-state index contributed by atoms with van der Waals surface area (Å²) in [5.74, 6) is -1.02. The van der Waals surface area contributed by atoms with Gasteiger partial charge in [-0.1, -0.05) is 23.7 Å². The number of aliphatic hydroxyl groups excluding tert-OH is 1. The Hall–Kier alpha value is -0.210. The molecule has 0 aliphatic rings. The minimum absolute atomic E-state index is 0.0445. The van der Waals surface area contributed by atoms with Crippen molar-refractivity contribution in [2.24, 2.45) is 5.73 Å². The fraction of sp³-hybridized carbons (Fsp3) is 0.231. The van der Waals surface area contributed by atoms with Crippen molar-refractivity contribution in [3.63, 3.8) is 0 Å². The SMILES string of the molecule is NCC(c1cccc(Cl)c1F)C(O)c1csc(I)c1. The minimum Gasteiger partial charge on any atom is -0.388 e. The summed E-state index contributed by atoms with van der Waals surface area (Å²) in [5, 5.41) is 12.3. The van der Waals surface area contributed by atoms with Crippen molar-refractivity contribution in [1.82, 2.24) is 0 Å². The second kappa shape index (κ2) is 6.49. The Bertz CT molecular complexity index is 578. The van der Waals surface area contributed by atoms with Crippen LogP contribution < -0.4 is 5.73 Å². The highest BCUT2D eigenvalue weighted by molar-refractivity contribution is 14.1. The summed E-state index contributed by atoms with van der Waals surface area (Å²) in [6.45, 7) is 0.144. The van der Waals surface area contributed by atoms with Gasteiger partial charge < -0.3 is 10.8 Å². The molecule has 0 aliphatic carbocycles. The van der Waals surface area contributed by atoms with E-state index in [9.17, 15) is 9.50 Å². The Kier molecular flexibility index (Phi) is 5.19. The van der Waals surface area contributed by atoms with Gasteiger partial charge in [0.05, 0.1) is 14.0 Å². The summed E-state index contributed by atoms with van der Waals surface area (Å²) in [7, 11) is 0. The molecular weight excluding hydrogens is 400 g/mol. The first kappa shape index (κ1) is 15.2. The van der Waals surface area contributed by atoms with Crippen molar-refractivity contribution >= 4 is 45.5 Å². The normalized spacial score (nSPS) is 14.4. The highest BCUT2D eigenvalue weighted by Crippen LogP contribution is 2.35. The summed E-state index contributed by atoms with van der Waals surface area (Å²) in [6, 6.07) is 6.63. The monoisotopic (exact) mass is 411 g/mol. The van der Waals surface area contributed by atoms with E-state index in [1.165, 1.54) is 17.4 Å². The molecule has 0 saturated heterocycles. The molecule has 6 heteroatoms. The Balaban J connectivity index is 2.36. The van der Waals surface area contributed by atoms with Crippen LogP contribution in [0.4, 0.5) is 4.39 Å². The Morgan fingerprint density at radius 3 is 2.79 bits per heavy atom. The van der Waals surface area contributed by atoms with Gasteiger partial charge in [0.15, 0.2) is 0 Å². The molecule has 19 heavy (non-hydrogen) atoms. The number of aliphatic hydroxyl groups is 1. The molecule has 3 N–H and O–H groups in total. The predicted octanol–water partition coefficient (Wildman–Crippen LogP) is 3.92. The van der Waals surface area contributed by atoms with E-state index in [0.29, 0.717) is 5.56 Å². The van der Waals surface area contributed by atoms with E-state index in [4.69, 9.17) is 17.3 Å². The molecule has 2 rings (SSSR count). The van der Waals surface area contributed by atoms with Gasteiger partial charge in [0.25, 0.3) is 0 Å². The quantitative estimate of drug-likeness (QED) is 0.749. The van der Waals surface area contributed by atoms with E-state index in [1.54, 1.807) is 12.1 Å². The molecule has 1 heterocycles. The largest absolute Gasteiger partial charge is 0.388 e. The van der Waals surface area contributed by atoms with Crippen LogP contribution in [-0.2, 0) is 0 Å². The Labute approximate surface area is 133 Å². The molecule has 0 saturated carbocycles. The van der Waals surface area contributed by atoms with E-state index in [1.807, 2.05) is 11.4 Å². The van der Waals surface area contributed by atoms with E-state index < -0.39 is 17.8 Å². The van der Waals surface area contributed by atoms with Crippen molar-refractivity contribution in [3.05, 3.63) is 54.5 Å². The van der Waals surface area contributed by atoms with E-state index in [2.05, 4.69) is 22.6 Å². The van der Waals surface area contributed by atoms with Gasteiger partial charge in [-0.05, 0) is 51.2 Å². The summed E-state index contributed by atoms with van der Waals surface area (Å²) in [6.07, 6.45) is -0.835. The first-order valence-corrected chi connectivity index (χ1v) is 7.94. The molecule has 1 aromatic carbocycles. The lowest BCUT2D eigenvalue weighted by Gasteiger charge is -2.22. The highest BCUT2D eigenvalue weighted by atomic mass is 127. The van der Waals surface area contributed by atoms with Crippen molar-refractivity contribution in [2.75, 3.05) is 6.54 Å². The number of rotatable bonds is 4. The highest BCUT2D eigenvalue weighted by Gasteiger charge is 2.25. The van der Waals surface area contributed by atoms with Crippen LogP contribution in [0.15, 0.2) is 29.6 Å². The Morgan fingerprint density at radius 1 is 1.47 bits per heavy atom. The van der Waals surface area contributed by atoms with Gasteiger partial charge in [0.1, 0.15) is 5.82 Å². The van der Waals surface area contributed by atoms with E-state index in [-0.39, 0.29) is 11.6 Å².